The Hall–Kier alpha value is -1.98. The summed E-state index contributed by atoms with van der Waals surface area (Å²) in [7, 11) is 0. The quantitative estimate of drug-likeness (QED) is 0.880. The van der Waals surface area contributed by atoms with Gasteiger partial charge in [0.25, 0.3) is 0 Å². The molecule has 1 atom stereocenters. The standard InChI is InChI=1S/C14H21N3O3/c1-14(2,3)17-9-10(7-12(17)18)16-13(19)15-8-11-5-4-6-20-11/h4-6,10H,7-9H2,1-3H3,(H2,15,16,19). The topological polar surface area (TPSA) is 74.6 Å². The smallest absolute Gasteiger partial charge is 0.315 e. The molecule has 6 heteroatoms. The molecule has 3 amide bonds. The van der Waals surface area contributed by atoms with Crippen LogP contribution in [0.4, 0.5) is 4.79 Å². The van der Waals surface area contributed by atoms with Crippen LogP contribution in [0.25, 0.3) is 0 Å². The van der Waals surface area contributed by atoms with Crippen molar-refractivity contribution in [3.05, 3.63) is 24.2 Å². The molecular weight excluding hydrogens is 258 g/mol. The van der Waals surface area contributed by atoms with Crippen molar-refractivity contribution >= 4 is 11.9 Å². The largest absolute Gasteiger partial charge is 0.467 e. The van der Waals surface area contributed by atoms with Crippen molar-refractivity contribution in [1.29, 1.82) is 0 Å². The van der Waals surface area contributed by atoms with E-state index in [0.29, 0.717) is 25.3 Å². The van der Waals surface area contributed by atoms with E-state index in [9.17, 15) is 9.59 Å². The van der Waals surface area contributed by atoms with Gasteiger partial charge in [0, 0.05) is 18.5 Å². The Morgan fingerprint density at radius 3 is 2.80 bits per heavy atom. The Morgan fingerprint density at radius 2 is 2.25 bits per heavy atom. The van der Waals surface area contributed by atoms with Crippen LogP contribution in [0.5, 0.6) is 0 Å². The predicted octanol–water partition coefficient (Wildman–Crippen LogP) is 1.48. The minimum atomic E-state index is -0.282. The van der Waals surface area contributed by atoms with Crippen LogP contribution in [-0.4, -0.2) is 35.0 Å². The van der Waals surface area contributed by atoms with Crippen LogP contribution in [0, 0.1) is 0 Å². The summed E-state index contributed by atoms with van der Waals surface area (Å²) in [5.41, 5.74) is -0.210. The molecule has 0 saturated carbocycles. The van der Waals surface area contributed by atoms with Gasteiger partial charge in [0.1, 0.15) is 5.76 Å². The van der Waals surface area contributed by atoms with Gasteiger partial charge in [-0.3, -0.25) is 4.79 Å². The second-order valence-corrected chi connectivity index (χ2v) is 5.98. The zero-order valence-corrected chi connectivity index (χ0v) is 12.1. The van der Waals surface area contributed by atoms with Crippen molar-refractivity contribution in [1.82, 2.24) is 15.5 Å². The van der Waals surface area contributed by atoms with Crippen LogP contribution in [0.3, 0.4) is 0 Å². The molecule has 1 unspecified atom stereocenters. The fourth-order valence-electron chi connectivity index (χ4n) is 2.27. The molecule has 0 bridgehead atoms. The molecule has 110 valence electrons. The van der Waals surface area contributed by atoms with Crippen molar-refractivity contribution in [2.75, 3.05) is 6.54 Å². The Balaban J connectivity index is 1.79. The van der Waals surface area contributed by atoms with Gasteiger partial charge in [0.15, 0.2) is 0 Å². The second-order valence-electron chi connectivity index (χ2n) is 5.98. The van der Waals surface area contributed by atoms with Crippen molar-refractivity contribution < 1.29 is 14.0 Å². The van der Waals surface area contributed by atoms with Gasteiger partial charge in [-0.25, -0.2) is 4.79 Å². The molecule has 1 aromatic rings. The third-order valence-electron chi connectivity index (χ3n) is 3.27. The summed E-state index contributed by atoms with van der Waals surface area (Å²) in [6, 6.07) is 3.14. The fraction of sp³-hybridized carbons (Fsp3) is 0.571. The van der Waals surface area contributed by atoms with E-state index in [4.69, 9.17) is 4.42 Å². The summed E-state index contributed by atoms with van der Waals surface area (Å²) < 4.78 is 5.13. The monoisotopic (exact) mass is 279 g/mol. The molecule has 1 aliphatic heterocycles. The third-order valence-corrected chi connectivity index (χ3v) is 3.27. The molecule has 6 nitrogen and oxygen atoms in total. The summed E-state index contributed by atoms with van der Waals surface area (Å²) in [4.78, 5) is 25.5. The number of hydrogen-bond donors (Lipinski definition) is 2. The van der Waals surface area contributed by atoms with E-state index in [1.165, 1.54) is 0 Å². The lowest BCUT2D eigenvalue weighted by Gasteiger charge is -2.32. The molecule has 0 radical (unpaired) electrons. The maximum atomic E-state index is 11.9. The molecule has 1 aromatic heterocycles. The number of carbonyl (C=O) groups is 2. The van der Waals surface area contributed by atoms with Crippen LogP contribution in [0.2, 0.25) is 0 Å². The molecule has 1 fully saturated rings. The van der Waals surface area contributed by atoms with Crippen molar-refractivity contribution in [3.8, 4) is 0 Å². The first kappa shape index (κ1) is 14.4. The number of rotatable bonds is 3. The van der Waals surface area contributed by atoms with Crippen LogP contribution in [-0.2, 0) is 11.3 Å². The van der Waals surface area contributed by atoms with Gasteiger partial charge in [0.2, 0.25) is 5.91 Å². The van der Waals surface area contributed by atoms with Crippen LogP contribution in [0.1, 0.15) is 33.0 Å². The molecule has 2 N–H and O–H groups in total. The molecular formula is C14H21N3O3. The zero-order chi connectivity index (χ0) is 14.8. The Morgan fingerprint density at radius 1 is 1.50 bits per heavy atom. The maximum Gasteiger partial charge on any atom is 0.315 e. The molecule has 20 heavy (non-hydrogen) atoms. The Kier molecular flexibility index (Phi) is 4.01. The highest BCUT2D eigenvalue weighted by molar-refractivity contribution is 5.82. The second kappa shape index (κ2) is 5.56. The lowest BCUT2D eigenvalue weighted by atomic mass is 10.1. The van der Waals surface area contributed by atoms with E-state index in [-0.39, 0.29) is 23.5 Å². The maximum absolute atomic E-state index is 11.9. The SMILES string of the molecule is CC(C)(C)N1CC(NC(=O)NCc2ccco2)CC1=O. The number of nitrogens with one attached hydrogen (secondary N) is 2. The van der Waals surface area contributed by atoms with Gasteiger partial charge < -0.3 is 20.0 Å². The molecule has 2 rings (SSSR count). The first-order chi connectivity index (χ1) is 9.36. The predicted molar refractivity (Wildman–Crippen MR) is 74.0 cm³/mol. The van der Waals surface area contributed by atoms with E-state index in [0.717, 1.165) is 0 Å². The summed E-state index contributed by atoms with van der Waals surface area (Å²) in [6.45, 7) is 6.86. The van der Waals surface area contributed by atoms with Crippen molar-refractivity contribution in [3.63, 3.8) is 0 Å². The first-order valence-corrected chi connectivity index (χ1v) is 6.73. The summed E-state index contributed by atoms with van der Waals surface area (Å²) >= 11 is 0. The molecule has 0 aromatic carbocycles. The van der Waals surface area contributed by atoms with Crippen LogP contribution < -0.4 is 10.6 Å². The number of likely N-dealkylation sites (tertiary alicyclic amines) is 1. The van der Waals surface area contributed by atoms with E-state index < -0.39 is 0 Å². The van der Waals surface area contributed by atoms with E-state index in [2.05, 4.69) is 10.6 Å². The van der Waals surface area contributed by atoms with Gasteiger partial charge in [-0.1, -0.05) is 0 Å². The Labute approximate surface area is 118 Å². The van der Waals surface area contributed by atoms with E-state index in [1.807, 2.05) is 20.8 Å². The van der Waals surface area contributed by atoms with Crippen molar-refractivity contribution in [2.45, 2.75) is 45.3 Å². The Bertz CT molecular complexity index is 476. The van der Waals surface area contributed by atoms with Crippen LogP contribution in [0.15, 0.2) is 22.8 Å². The van der Waals surface area contributed by atoms with Crippen LogP contribution >= 0.6 is 0 Å². The van der Waals surface area contributed by atoms with Gasteiger partial charge in [0.05, 0.1) is 18.8 Å². The number of amides is 3. The average molecular weight is 279 g/mol. The lowest BCUT2D eigenvalue weighted by molar-refractivity contribution is -0.131. The zero-order valence-electron chi connectivity index (χ0n) is 12.1. The molecule has 0 spiro atoms. The highest BCUT2D eigenvalue weighted by Gasteiger charge is 2.36. The fourth-order valence-corrected chi connectivity index (χ4v) is 2.27. The number of nitrogens with zero attached hydrogens (tertiary/aromatic N) is 1. The summed E-state index contributed by atoms with van der Waals surface area (Å²) in [5, 5.41) is 5.53. The number of hydrogen-bond acceptors (Lipinski definition) is 3. The average Bonchev–Trinajstić information content (AvgIpc) is 2.95. The van der Waals surface area contributed by atoms with Crippen molar-refractivity contribution in [2.24, 2.45) is 0 Å². The lowest BCUT2D eigenvalue weighted by Crippen LogP contribution is -2.46. The third kappa shape index (κ3) is 3.53. The first-order valence-electron chi connectivity index (χ1n) is 6.73. The highest BCUT2D eigenvalue weighted by atomic mass is 16.3. The normalized spacial score (nSPS) is 19.2. The highest BCUT2D eigenvalue weighted by Crippen LogP contribution is 2.21. The summed E-state index contributed by atoms with van der Waals surface area (Å²) in [6.07, 6.45) is 1.91. The molecule has 1 saturated heterocycles. The van der Waals surface area contributed by atoms with Gasteiger partial charge in [-0.05, 0) is 32.9 Å². The number of furan rings is 1. The number of urea groups is 1. The number of carbonyl (C=O) groups excluding carboxylic acids is 2. The van der Waals surface area contributed by atoms with Gasteiger partial charge >= 0.3 is 6.03 Å². The molecule has 1 aliphatic rings. The van der Waals surface area contributed by atoms with E-state index >= 15 is 0 Å². The minimum absolute atomic E-state index is 0.0776. The summed E-state index contributed by atoms with van der Waals surface area (Å²) in [5.74, 6) is 0.771. The van der Waals surface area contributed by atoms with E-state index in [1.54, 1.807) is 23.3 Å². The van der Waals surface area contributed by atoms with Gasteiger partial charge in [-0.2, -0.15) is 0 Å². The molecule has 2 heterocycles. The minimum Gasteiger partial charge on any atom is -0.467 e. The molecule has 0 aliphatic carbocycles. The van der Waals surface area contributed by atoms with Gasteiger partial charge in [-0.15, -0.1) is 0 Å².